The lowest BCUT2D eigenvalue weighted by molar-refractivity contribution is -0.240. The molecule has 0 radical (unpaired) electrons. The molecule has 1 aromatic rings. The van der Waals surface area contributed by atoms with Crippen molar-refractivity contribution in [3.05, 3.63) is 29.8 Å². The fourth-order valence-electron chi connectivity index (χ4n) is 10.4. The van der Waals surface area contributed by atoms with Gasteiger partial charge in [0.2, 0.25) is 11.9 Å². The van der Waals surface area contributed by atoms with Crippen LogP contribution >= 0.6 is 0 Å². The lowest BCUT2D eigenvalue weighted by atomic mass is 9.50. The van der Waals surface area contributed by atoms with E-state index < -0.39 is 100 Å². The number of aliphatic hydroxyl groups is 2. The number of nitrogens with zero attached hydrogens (tertiary/aromatic N) is 1. The average molecular weight is 674 g/mol. The van der Waals surface area contributed by atoms with Crippen molar-refractivity contribution in [3.8, 4) is 5.75 Å². The molecule has 5 saturated heterocycles. The highest BCUT2D eigenvalue weighted by Gasteiger charge is 3.06. The Morgan fingerprint density at radius 2 is 1.71 bits per heavy atom. The number of hydrogen-bond acceptors (Lipinski definition) is 14. The summed E-state index contributed by atoms with van der Waals surface area (Å²) in [5, 5.41) is 25.1. The summed E-state index contributed by atoms with van der Waals surface area (Å²) in [7, 11) is 1.54. The second kappa shape index (κ2) is 10.0. The summed E-state index contributed by atoms with van der Waals surface area (Å²) < 4.78 is 47.7. The smallest absolute Gasteiger partial charge is 0.410 e. The molecule has 260 valence electrons. The first-order valence-electron chi connectivity index (χ1n) is 16.2. The van der Waals surface area contributed by atoms with Crippen molar-refractivity contribution in [2.45, 2.75) is 82.3 Å². The number of ether oxygens (including phenoxy) is 8. The minimum absolute atomic E-state index is 0.106. The molecule has 2 saturated carbocycles. The topological polar surface area (TPSA) is 186 Å². The highest BCUT2D eigenvalue weighted by atomic mass is 16.8. The molecular formula is C33H39NO14. The first-order chi connectivity index (χ1) is 22.7. The molecule has 48 heavy (non-hydrogen) atoms. The van der Waals surface area contributed by atoms with E-state index in [-0.39, 0.29) is 32.9 Å². The number of morpholine rings is 1. The number of esters is 3. The Morgan fingerprint density at radius 1 is 1.02 bits per heavy atom. The van der Waals surface area contributed by atoms with Crippen LogP contribution in [0.1, 0.15) is 33.3 Å². The number of benzene rings is 1. The number of aliphatic hydroxyl groups excluding tert-OH is 1. The van der Waals surface area contributed by atoms with Crippen LogP contribution in [0.4, 0.5) is 4.79 Å². The van der Waals surface area contributed by atoms with Gasteiger partial charge in [-0.15, -0.1) is 0 Å². The van der Waals surface area contributed by atoms with Crippen molar-refractivity contribution in [2.75, 3.05) is 33.4 Å². The third kappa shape index (κ3) is 3.36. The van der Waals surface area contributed by atoms with Gasteiger partial charge in [0.15, 0.2) is 23.9 Å². The van der Waals surface area contributed by atoms with E-state index in [9.17, 15) is 29.4 Å². The molecule has 2 spiro atoms. The van der Waals surface area contributed by atoms with Gasteiger partial charge in [-0.25, -0.2) is 14.4 Å². The van der Waals surface area contributed by atoms with Crippen molar-refractivity contribution in [1.82, 2.24) is 4.90 Å². The molecule has 15 heteroatoms. The van der Waals surface area contributed by atoms with Gasteiger partial charge in [0, 0.05) is 19.0 Å². The van der Waals surface area contributed by atoms with Crippen molar-refractivity contribution >= 4 is 24.0 Å². The number of carbonyl (C=O) groups is 4. The van der Waals surface area contributed by atoms with Crippen LogP contribution in [0.25, 0.3) is 0 Å². The second-order valence-corrected chi connectivity index (χ2v) is 14.9. The SMILES string of the molecule is COc1ccc(CO[C@H]2C(=O)OC3OC45C(=O)OC6[C@H](O)C(C(C)(C)C)C32C64[C@@H](OC(=O)N2CCOCC2)C2OC(=O)[C@@H](C)[C@@]25O)cc1. The molecular weight excluding hydrogens is 634 g/mol. The largest absolute Gasteiger partial charge is 0.497 e. The molecule has 8 rings (SSSR count). The van der Waals surface area contributed by atoms with E-state index in [1.165, 1.54) is 18.9 Å². The van der Waals surface area contributed by atoms with Crippen LogP contribution in [0.5, 0.6) is 5.75 Å². The van der Waals surface area contributed by atoms with Crippen LogP contribution in [0.3, 0.4) is 0 Å². The predicted molar refractivity (Wildman–Crippen MR) is 156 cm³/mol. The summed E-state index contributed by atoms with van der Waals surface area (Å²) in [6, 6.07) is 6.98. The van der Waals surface area contributed by atoms with Gasteiger partial charge in [0.1, 0.15) is 17.3 Å². The van der Waals surface area contributed by atoms with Gasteiger partial charge in [-0.3, -0.25) is 4.79 Å². The van der Waals surface area contributed by atoms with Crippen LogP contribution in [-0.4, -0.2) is 121 Å². The van der Waals surface area contributed by atoms with Gasteiger partial charge < -0.3 is 53.0 Å². The first kappa shape index (κ1) is 31.7. The molecule has 7 fully saturated rings. The van der Waals surface area contributed by atoms with E-state index >= 15 is 0 Å². The van der Waals surface area contributed by atoms with Crippen molar-refractivity contribution in [1.29, 1.82) is 0 Å². The number of amides is 1. The van der Waals surface area contributed by atoms with Crippen molar-refractivity contribution < 1.29 is 67.3 Å². The molecule has 12 atom stereocenters. The Bertz CT molecular complexity index is 1570. The van der Waals surface area contributed by atoms with E-state index in [4.69, 9.17) is 37.9 Å². The van der Waals surface area contributed by atoms with E-state index in [1.54, 1.807) is 24.3 Å². The molecule has 0 aromatic heterocycles. The summed E-state index contributed by atoms with van der Waals surface area (Å²) in [4.78, 5) is 56.9. The van der Waals surface area contributed by atoms with Gasteiger partial charge in [-0.1, -0.05) is 32.9 Å². The summed E-state index contributed by atoms with van der Waals surface area (Å²) >= 11 is 0. The maximum Gasteiger partial charge on any atom is 0.410 e. The number of hydrogen-bond donors (Lipinski definition) is 2. The monoisotopic (exact) mass is 673 g/mol. The molecule has 2 aliphatic carbocycles. The van der Waals surface area contributed by atoms with E-state index in [1.807, 2.05) is 20.8 Å². The predicted octanol–water partition coefficient (Wildman–Crippen LogP) is 0.311. The van der Waals surface area contributed by atoms with Gasteiger partial charge in [-0.05, 0) is 30.0 Å². The fourth-order valence-corrected chi connectivity index (χ4v) is 10.4. The van der Waals surface area contributed by atoms with Crippen molar-refractivity contribution in [3.63, 3.8) is 0 Å². The quantitative estimate of drug-likeness (QED) is 0.321. The van der Waals surface area contributed by atoms with Crippen LogP contribution < -0.4 is 4.74 Å². The Kier molecular flexibility index (Phi) is 6.64. The zero-order chi connectivity index (χ0) is 34.2. The summed E-state index contributed by atoms with van der Waals surface area (Å²) in [5.41, 5.74) is -8.92. The van der Waals surface area contributed by atoms with Crippen molar-refractivity contribution in [2.24, 2.45) is 28.1 Å². The van der Waals surface area contributed by atoms with Crippen LogP contribution in [-0.2, 0) is 54.1 Å². The second-order valence-electron chi connectivity index (χ2n) is 14.9. The first-order valence-corrected chi connectivity index (χ1v) is 16.2. The Balaban J connectivity index is 1.35. The normalized spacial score (nSPS) is 45.2. The Morgan fingerprint density at radius 3 is 2.35 bits per heavy atom. The highest BCUT2D eigenvalue weighted by Crippen LogP contribution is 2.85. The molecule has 2 N–H and O–H groups in total. The Labute approximate surface area is 275 Å². The average Bonchev–Trinajstić information content (AvgIpc) is 3.75. The summed E-state index contributed by atoms with van der Waals surface area (Å²) in [6.07, 6.45) is -10.1. The molecule has 0 bridgehead atoms. The van der Waals surface area contributed by atoms with Gasteiger partial charge in [0.05, 0.1) is 44.4 Å². The number of carbonyl (C=O) groups excluding carboxylic acids is 4. The third-order valence-electron chi connectivity index (χ3n) is 12.0. The molecule has 15 nitrogen and oxygen atoms in total. The summed E-state index contributed by atoms with van der Waals surface area (Å²) in [5.74, 6) is -4.47. The minimum Gasteiger partial charge on any atom is -0.497 e. The fraction of sp³-hybridized carbons (Fsp3) is 0.697. The molecule has 5 heterocycles. The van der Waals surface area contributed by atoms with Gasteiger partial charge in [0.25, 0.3) is 0 Å². The molecule has 1 amide bonds. The number of methoxy groups -OCH3 is 1. The summed E-state index contributed by atoms with van der Waals surface area (Å²) in [6.45, 7) is 7.71. The van der Waals surface area contributed by atoms with Gasteiger partial charge in [-0.2, -0.15) is 0 Å². The lowest BCUT2D eigenvalue weighted by Crippen LogP contribution is -2.67. The van der Waals surface area contributed by atoms with Gasteiger partial charge >= 0.3 is 24.0 Å². The highest BCUT2D eigenvalue weighted by molar-refractivity contribution is 5.94. The number of fused-ring (bicyclic) bond motifs is 1. The van der Waals surface area contributed by atoms with Crippen LogP contribution in [0.2, 0.25) is 0 Å². The third-order valence-corrected chi connectivity index (χ3v) is 12.0. The van der Waals surface area contributed by atoms with E-state index in [0.29, 0.717) is 11.3 Å². The van der Waals surface area contributed by atoms with Crippen LogP contribution in [0, 0.1) is 28.1 Å². The number of rotatable bonds is 5. The maximum atomic E-state index is 14.4. The zero-order valence-electron chi connectivity index (χ0n) is 27.2. The Hall–Kier alpha value is -3.50. The molecule has 7 unspecified atom stereocenters. The van der Waals surface area contributed by atoms with Crippen LogP contribution in [0.15, 0.2) is 24.3 Å². The molecule has 1 aromatic carbocycles. The van der Waals surface area contributed by atoms with E-state index in [0.717, 1.165) is 0 Å². The zero-order valence-corrected chi connectivity index (χ0v) is 27.2. The molecule has 7 aliphatic rings. The molecule has 5 aliphatic heterocycles. The van der Waals surface area contributed by atoms with E-state index in [2.05, 4.69) is 0 Å². The lowest BCUT2D eigenvalue weighted by Gasteiger charge is -2.49. The minimum atomic E-state index is -2.47. The standard InChI is InChI=1S/C33H39NO14/c1-15-24(36)44-22-21(46-28(39)34-10-12-42-13-11-34)31-20-18(35)19(29(2,3)4)30(31)23(43-14-16-6-8-17(41-5)9-7-16)25(37)47-27(30)48-33(31,26(38)45-20)32(15,22)40/h6-9,15,18-23,27,35,40H,10-14H2,1-5H3/t15-,18-,19?,20?,21+,22?,23+,27?,30?,31?,32-,33?/m1/s1. The maximum absolute atomic E-state index is 14.4.